The Hall–Kier alpha value is -3.73. The monoisotopic (exact) mass is 382 g/mol. The van der Waals surface area contributed by atoms with Crippen molar-refractivity contribution in [1.82, 2.24) is 19.7 Å². The van der Waals surface area contributed by atoms with E-state index in [0.717, 1.165) is 40.7 Å². The summed E-state index contributed by atoms with van der Waals surface area (Å²) in [5.74, 6) is 0.414. The molecule has 0 aliphatic carbocycles. The predicted molar refractivity (Wildman–Crippen MR) is 112 cm³/mol. The summed E-state index contributed by atoms with van der Waals surface area (Å²) in [6.07, 6.45) is 3.75. The number of hydrogen-bond acceptors (Lipinski definition) is 2. The molecule has 0 atom stereocenters. The van der Waals surface area contributed by atoms with Crippen molar-refractivity contribution in [2.24, 2.45) is 0 Å². The Morgan fingerprint density at radius 3 is 2.38 bits per heavy atom. The zero-order valence-corrected chi connectivity index (χ0v) is 15.7. The summed E-state index contributed by atoms with van der Waals surface area (Å²) in [7, 11) is 0. The van der Waals surface area contributed by atoms with Crippen molar-refractivity contribution < 1.29 is 4.39 Å². The van der Waals surface area contributed by atoms with Gasteiger partial charge in [-0.15, -0.1) is 0 Å². The van der Waals surface area contributed by atoms with Crippen LogP contribution in [0.3, 0.4) is 0 Å². The molecule has 2 aromatic heterocycles. The van der Waals surface area contributed by atoms with Crippen molar-refractivity contribution in [1.29, 1.82) is 0 Å². The maximum atomic E-state index is 13.4. The Kier molecular flexibility index (Phi) is 4.41. The summed E-state index contributed by atoms with van der Waals surface area (Å²) in [4.78, 5) is 7.96. The van der Waals surface area contributed by atoms with E-state index < -0.39 is 0 Å². The van der Waals surface area contributed by atoms with E-state index in [2.05, 4.69) is 22.1 Å². The topological polar surface area (TPSA) is 46.5 Å². The minimum Gasteiger partial charge on any atom is -0.322 e. The number of imidazole rings is 1. The summed E-state index contributed by atoms with van der Waals surface area (Å²) in [6, 6.07) is 24.8. The Labute approximate surface area is 167 Å². The fraction of sp³-hybridized carbons (Fsp3) is 0.0833. The van der Waals surface area contributed by atoms with Gasteiger partial charge in [0.25, 0.3) is 0 Å². The molecular formula is C24H19FN4. The second-order valence-corrected chi connectivity index (χ2v) is 7.02. The molecule has 5 heteroatoms. The van der Waals surface area contributed by atoms with Crippen LogP contribution >= 0.6 is 0 Å². The van der Waals surface area contributed by atoms with Gasteiger partial charge >= 0.3 is 0 Å². The summed E-state index contributed by atoms with van der Waals surface area (Å²) in [5, 5.41) is 4.79. The highest BCUT2D eigenvalue weighted by molar-refractivity contribution is 5.76. The molecule has 0 fully saturated rings. The van der Waals surface area contributed by atoms with Gasteiger partial charge in [-0.25, -0.2) is 14.1 Å². The Bertz CT molecular complexity index is 1220. The Morgan fingerprint density at radius 1 is 0.828 bits per heavy atom. The molecule has 142 valence electrons. The van der Waals surface area contributed by atoms with Crippen LogP contribution in [0, 0.1) is 5.82 Å². The number of H-pyrrole nitrogens is 1. The average molecular weight is 382 g/mol. The highest BCUT2D eigenvalue weighted by Crippen LogP contribution is 2.25. The quantitative estimate of drug-likeness (QED) is 0.446. The number of rotatable bonds is 5. The molecular weight excluding hydrogens is 363 g/mol. The molecule has 3 aromatic carbocycles. The zero-order valence-electron chi connectivity index (χ0n) is 15.7. The molecule has 0 saturated heterocycles. The number of hydrogen-bond donors (Lipinski definition) is 1. The normalized spacial score (nSPS) is 11.2. The molecule has 0 unspecified atom stereocenters. The lowest BCUT2D eigenvalue weighted by Crippen LogP contribution is -1.97. The lowest BCUT2D eigenvalue weighted by molar-refractivity contribution is 0.628. The number of fused-ring (bicyclic) bond motifs is 1. The van der Waals surface area contributed by atoms with E-state index in [1.54, 1.807) is 16.8 Å². The van der Waals surface area contributed by atoms with Crippen molar-refractivity contribution in [3.8, 4) is 17.2 Å². The number of nitrogens with zero attached hydrogens (tertiary/aromatic N) is 3. The first-order valence-electron chi connectivity index (χ1n) is 9.60. The summed E-state index contributed by atoms with van der Waals surface area (Å²) in [6.45, 7) is 0. The number of nitrogens with one attached hydrogen (secondary N) is 1. The number of aromatic amines is 1. The third kappa shape index (κ3) is 3.55. The van der Waals surface area contributed by atoms with E-state index >= 15 is 0 Å². The molecule has 0 spiro atoms. The van der Waals surface area contributed by atoms with Crippen molar-refractivity contribution >= 4 is 11.0 Å². The van der Waals surface area contributed by atoms with Gasteiger partial charge in [0.1, 0.15) is 5.82 Å². The van der Waals surface area contributed by atoms with E-state index in [9.17, 15) is 4.39 Å². The number of halogens is 1. The number of benzene rings is 3. The molecule has 0 aliphatic rings. The second-order valence-electron chi connectivity index (χ2n) is 7.02. The Morgan fingerprint density at radius 2 is 1.59 bits per heavy atom. The van der Waals surface area contributed by atoms with Gasteiger partial charge in [0.2, 0.25) is 5.95 Å². The first kappa shape index (κ1) is 17.4. The summed E-state index contributed by atoms with van der Waals surface area (Å²) >= 11 is 0. The number of para-hydroxylation sites is 2. The smallest absolute Gasteiger partial charge is 0.229 e. The van der Waals surface area contributed by atoms with Gasteiger partial charge in [-0.05, 0) is 60.4 Å². The molecule has 0 saturated carbocycles. The van der Waals surface area contributed by atoms with Gasteiger partial charge in [0.15, 0.2) is 0 Å². The molecule has 5 rings (SSSR count). The first-order chi connectivity index (χ1) is 14.3. The largest absolute Gasteiger partial charge is 0.322 e. The SMILES string of the molecule is Fc1ccc(-c2nn(-c3nc4ccccc4[nH]3)cc2CCc2ccccc2)cc1. The lowest BCUT2D eigenvalue weighted by Gasteiger charge is -2.03. The zero-order chi connectivity index (χ0) is 19.6. The van der Waals surface area contributed by atoms with Crippen LogP contribution in [0.2, 0.25) is 0 Å². The van der Waals surface area contributed by atoms with Crippen LogP contribution in [0.1, 0.15) is 11.1 Å². The highest BCUT2D eigenvalue weighted by atomic mass is 19.1. The highest BCUT2D eigenvalue weighted by Gasteiger charge is 2.14. The summed E-state index contributed by atoms with van der Waals surface area (Å²) in [5.41, 5.74) is 5.97. The van der Waals surface area contributed by atoms with Gasteiger partial charge in [0, 0.05) is 11.8 Å². The van der Waals surface area contributed by atoms with Crippen LogP contribution in [0.4, 0.5) is 4.39 Å². The molecule has 0 amide bonds. The predicted octanol–water partition coefficient (Wildman–Crippen LogP) is 5.34. The molecule has 0 bridgehead atoms. The molecule has 2 heterocycles. The van der Waals surface area contributed by atoms with Crippen molar-refractivity contribution in [2.45, 2.75) is 12.8 Å². The average Bonchev–Trinajstić information content (AvgIpc) is 3.38. The first-order valence-corrected chi connectivity index (χ1v) is 9.60. The molecule has 4 nitrogen and oxygen atoms in total. The second kappa shape index (κ2) is 7.36. The van der Waals surface area contributed by atoms with Crippen LogP contribution < -0.4 is 0 Å². The maximum absolute atomic E-state index is 13.4. The van der Waals surface area contributed by atoms with Gasteiger partial charge in [-0.1, -0.05) is 42.5 Å². The fourth-order valence-electron chi connectivity index (χ4n) is 3.52. The number of aromatic nitrogens is 4. The lowest BCUT2D eigenvalue weighted by atomic mass is 10.0. The van der Waals surface area contributed by atoms with E-state index in [1.807, 2.05) is 48.7 Å². The van der Waals surface area contributed by atoms with Crippen molar-refractivity contribution in [3.63, 3.8) is 0 Å². The fourth-order valence-corrected chi connectivity index (χ4v) is 3.52. The van der Waals surface area contributed by atoms with E-state index in [1.165, 1.54) is 17.7 Å². The number of aryl methyl sites for hydroxylation is 2. The Balaban J connectivity index is 1.54. The van der Waals surface area contributed by atoms with Crippen LogP contribution in [0.15, 0.2) is 85.1 Å². The van der Waals surface area contributed by atoms with Gasteiger partial charge in [-0.2, -0.15) is 5.10 Å². The molecule has 1 N–H and O–H groups in total. The summed E-state index contributed by atoms with van der Waals surface area (Å²) < 4.78 is 15.2. The third-order valence-corrected chi connectivity index (χ3v) is 5.03. The van der Waals surface area contributed by atoms with Crippen LogP contribution in [0.25, 0.3) is 28.2 Å². The van der Waals surface area contributed by atoms with Crippen LogP contribution in [-0.2, 0) is 12.8 Å². The van der Waals surface area contributed by atoms with Gasteiger partial charge < -0.3 is 4.98 Å². The molecule has 0 aliphatic heterocycles. The van der Waals surface area contributed by atoms with Crippen LogP contribution in [-0.4, -0.2) is 19.7 Å². The standard InChI is InChI=1S/C24H19FN4/c25-20-14-12-18(13-15-20)23-19(11-10-17-6-2-1-3-7-17)16-29(28-23)24-26-21-8-4-5-9-22(21)27-24/h1-9,12-16H,10-11H2,(H,26,27). The minimum absolute atomic E-state index is 0.253. The van der Waals surface area contributed by atoms with Crippen molar-refractivity contribution in [2.75, 3.05) is 0 Å². The minimum atomic E-state index is -0.253. The van der Waals surface area contributed by atoms with Gasteiger partial charge in [0.05, 0.1) is 16.7 Å². The van der Waals surface area contributed by atoms with E-state index in [0.29, 0.717) is 5.95 Å². The molecule has 29 heavy (non-hydrogen) atoms. The maximum Gasteiger partial charge on any atom is 0.229 e. The third-order valence-electron chi connectivity index (χ3n) is 5.03. The van der Waals surface area contributed by atoms with Crippen molar-refractivity contribution in [3.05, 3.63) is 102 Å². The van der Waals surface area contributed by atoms with E-state index in [-0.39, 0.29) is 5.82 Å². The molecule has 0 radical (unpaired) electrons. The van der Waals surface area contributed by atoms with Gasteiger partial charge in [-0.3, -0.25) is 0 Å². The van der Waals surface area contributed by atoms with E-state index in [4.69, 9.17) is 5.10 Å². The molecule has 5 aromatic rings. The van der Waals surface area contributed by atoms with Crippen LogP contribution in [0.5, 0.6) is 0 Å².